The first kappa shape index (κ1) is 11.0. The minimum Gasteiger partial charge on any atom is -0.381 e. The summed E-state index contributed by atoms with van der Waals surface area (Å²) in [6, 6.07) is 0. The molecule has 0 aromatic heterocycles. The van der Waals surface area contributed by atoms with Crippen molar-refractivity contribution in [1.29, 1.82) is 0 Å². The summed E-state index contributed by atoms with van der Waals surface area (Å²) in [4.78, 5) is 0. The van der Waals surface area contributed by atoms with Gasteiger partial charge in [0.15, 0.2) is 0 Å². The normalized spacial score (nSPS) is 13.8. The standard InChI is InChI=1S/C4H8O.2C2H2/c1-2-4-5-3-1;2*1-2/h1-4H2;2*1-2H. The maximum Gasteiger partial charge on any atom is 0.0466 e. The lowest BCUT2D eigenvalue weighted by Crippen LogP contribution is -1.74. The average Bonchev–Trinajstić information content (AvgIpc) is 2.51. The molecule has 0 bridgehead atoms. The third-order valence-electron chi connectivity index (χ3n) is 0.827. The van der Waals surface area contributed by atoms with Crippen LogP contribution in [-0.2, 0) is 4.74 Å². The van der Waals surface area contributed by atoms with Crippen molar-refractivity contribution < 1.29 is 4.74 Å². The van der Waals surface area contributed by atoms with E-state index in [0.717, 1.165) is 13.2 Å². The first-order valence-corrected chi connectivity index (χ1v) is 2.74. The molecule has 0 saturated carbocycles. The van der Waals surface area contributed by atoms with E-state index < -0.39 is 0 Å². The molecule has 0 unspecified atom stereocenters. The van der Waals surface area contributed by atoms with Crippen LogP contribution >= 0.6 is 0 Å². The van der Waals surface area contributed by atoms with E-state index in [0.29, 0.717) is 0 Å². The maximum atomic E-state index is 4.94. The lowest BCUT2D eigenvalue weighted by Gasteiger charge is -1.76. The van der Waals surface area contributed by atoms with Gasteiger partial charge in [-0.1, -0.05) is 0 Å². The van der Waals surface area contributed by atoms with Gasteiger partial charge in [0.05, 0.1) is 0 Å². The molecule has 1 rings (SSSR count). The predicted molar refractivity (Wildman–Crippen MR) is 39.8 cm³/mol. The van der Waals surface area contributed by atoms with Gasteiger partial charge in [-0.05, 0) is 12.8 Å². The highest BCUT2D eigenvalue weighted by molar-refractivity contribution is 4.47. The summed E-state index contributed by atoms with van der Waals surface area (Å²) < 4.78 is 4.94. The van der Waals surface area contributed by atoms with Gasteiger partial charge in [-0.15, -0.1) is 25.7 Å². The number of hydrogen-bond acceptors (Lipinski definition) is 1. The summed E-state index contributed by atoms with van der Waals surface area (Å²) in [6.07, 6.45) is 18.6. The Labute approximate surface area is 57.4 Å². The molecular formula is C8H12O. The van der Waals surface area contributed by atoms with E-state index in [1.54, 1.807) is 0 Å². The quantitative estimate of drug-likeness (QED) is 0.442. The van der Waals surface area contributed by atoms with Crippen LogP contribution in [0.3, 0.4) is 0 Å². The lowest BCUT2D eigenvalue weighted by atomic mass is 10.4. The lowest BCUT2D eigenvalue weighted by molar-refractivity contribution is 0.198. The Morgan fingerprint density at radius 3 is 1.22 bits per heavy atom. The number of rotatable bonds is 0. The van der Waals surface area contributed by atoms with Crippen LogP contribution in [0.4, 0.5) is 0 Å². The van der Waals surface area contributed by atoms with Gasteiger partial charge in [0.25, 0.3) is 0 Å². The van der Waals surface area contributed by atoms with Gasteiger partial charge in [0.2, 0.25) is 0 Å². The second kappa shape index (κ2) is 15.7. The summed E-state index contributed by atoms with van der Waals surface area (Å²) in [7, 11) is 0. The maximum absolute atomic E-state index is 4.94. The molecule has 0 spiro atoms. The fourth-order valence-electron chi connectivity index (χ4n) is 0.510. The Hall–Kier alpha value is -0.920. The molecule has 0 N–H and O–H groups in total. The van der Waals surface area contributed by atoms with Crippen molar-refractivity contribution in [3.05, 3.63) is 0 Å². The third-order valence-corrected chi connectivity index (χ3v) is 0.827. The fourth-order valence-corrected chi connectivity index (χ4v) is 0.510. The largest absolute Gasteiger partial charge is 0.381 e. The van der Waals surface area contributed by atoms with Gasteiger partial charge in [-0.3, -0.25) is 0 Å². The van der Waals surface area contributed by atoms with Crippen molar-refractivity contribution in [1.82, 2.24) is 0 Å². The molecule has 1 heteroatoms. The summed E-state index contributed by atoms with van der Waals surface area (Å²) in [5, 5.41) is 0. The highest BCUT2D eigenvalue weighted by Crippen LogP contribution is 1.98. The van der Waals surface area contributed by atoms with Crippen LogP contribution in [-0.4, -0.2) is 13.2 Å². The Morgan fingerprint density at radius 1 is 0.778 bits per heavy atom. The van der Waals surface area contributed by atoms with E-state index >= 15 is 0 Å². The van der Waals surface area contributed by atoms with Crippen molar-refractivity contribution in [3.8, 4) is 25.7 Å². The summed E-state index contributed by atoms with van der Waals surface area (Å²) in [5.41, 5.74) is 0. The Balaban J connectivity index is 0. The van der Waals surface area contributed by atoms with Crippen molar-refractivity contribution in [2.24, 2.45) is 0 Å². The van der Waals surface area contributed by atoms with Crippen LogP contribution in [0.2, 0.25) is 0 Å². The molecule has 9 heavy (non-hydrogen) atoms. The van der Waals surface area contributed by atoms with E-state index in [4.69, 9.17) is 4.74 Å². The minimum atomic E-state index is 1.00. The van der Waals surface area contributed by atoms with E-state index in [1.807, 2.05) is 0 Å². The van der Waals surface area contributed by atoms with Crippen molar-refractivity contribution in [2.75, 3.05) is 13.2 Å². The molecule has 0 radical (unpaired) electrons. The monoisotopic (exact) mass is 124 g/mol. The summed E-state index contributed by atoms with van der Waals surface area (Å²) in [6.45, 7) is 2.00. The van der Waals surface area contributed by atoms with E-state index in [2.05, 4.69) is 25.7 Å². The molecule has 0 aromatic rings. The fraction of sp³-hybridized carbons (Fsp3) is 0.500. The number of ether oxygens (including phenoxy) is 1. The van der Waals surface area contributed by atoms with Gasteiger partial charge in [-0.25, -0.2) is 0 Å². The molecule has 1 fully saturated rings. The summed E-state index contributed by atoms with van der Waals surface area (Å²) >= 11 is 0. The molecule has 0 aliphatic carbocycles. The molecule has 1 aliphatic heterocycles. The van der Waals surface area contributed by atoms with Gasteiger partial charge in [0, 0.05) is 13.2 Å². The average molecular weight is 124 g/mol. The molecular weight excluding hydrogens is 112 g/mol. The predicted octanol–water partition coefficient (Wildman–Crippen LogP) is 1.30. The zero-order valence-corrected chi connectivity index (χ0v) is 5.55. The van der Waals surface area contributed by atoms with E-state index in [-0.39, 0.29) is 0 Å². The molecule has 1 heterocycles. The van der Waals surface area contributed by atoms with E-state index in [1.165, 1.54) is 12.8 Å². The van der Waals surface area contributed by atoms with Gasteiger partial charge < -0.3 is 4.74 Å². The molecule has 1 nitrogen and oxygen atoms in total. The van der Waals surface area contributed by atoms with Crippen LogP contribution < -0.4 is 0 Å². The van der Waals surface area contributed by atoms with Crippen molar-refractivity contribution in [2.45, 2.75) is 12.8 Å². The number of hydrogen-bond donors (Lipinski definition) is 0. The Bertz CT molecular complexity index is 53.5. The zero-order valence-electron chi connectivity index (χ0n) is 5.55. The minimum absolute atomic E-state index is 1.00. The third kappa shape index (κ3) is 11.0. The molecule has 0 aromatic carbocycles. The topological polar surface area (TPSA) is 9.23 Å². The first-order valence-electron chi connectivity index (χ1n) is 2.74. The highest BCUT2D eigenvalue weighted by atomic mass is 16.5. The first-order chi connectivity index (χ1) is 4.50. The van der Waals surface area contributed by atoms with Crippen LogP contribution in [0.15, 0.2) is 0 Å². The van der Waals surface area contributed by atoms with Crippen LogP contribution in [0.5, 0.6) is 0 Å². The van der Waals surface area contributed by atoms with Gasteiger partial charge in [-0.2, -0.15) is 0 Å². The van der Waals surface area contributed by atoms with Crippen molar-refractivity contribution in [3.63, 3.8) is 0 Å². The van der Waals surface area contributed by atoms with Gasteiger partial charge >= 0.3 is 0 Å². The van der Waals surface area contributed by atoms with E-state index in [9.17, 15) is 0 Å². The Kier molecular flexibility index (Phi) is 19.1. The van der Waals surface area contributed by atoms with Crippen LogP contribution in [0.25, 0.3) is 0 Å². The second-order valence-corrected chi connectivity index (χ2v) is 1.32. The molecule has 50 valence electrons. The Morgan fingerprint density at radius 2 is 1.11 bits per heavy atom. The molecule has 0 atom stereocenters. The van der Waals surface area contributed by atoms with Crippen LogP contribution in [0, 0.1) is 25.7 Å². The second-order valence-electron chi connectivity index (χ2n) is 1.32. The molecule has 1 aliphatic rings. The smallest absolute Gasteiger partial charge is 0.0466 e. The molecule has 1 saturated heterocycles. The molecule has 0 amide bonds. The SMILES string of the molecule is C#C.C#C.C1CCOC1. The summed E-state index contributed by atoms with van der Waals surface area (Å²) in [5.74, 6) is 0. The van der Waals surface area contributed by atoms with Gasteiger partial charge in [0.1, 0.15) is 0 Å². The highest BCUT2D eigenvalue weighted by Gasteiger charge is 1.94. The zero-order chi connectivity index (χ0) is 7.54. The van der Waals surface area contributed by atoms with Crippen molar-refractivity contribution >= 4 is 0 Å². The van der Waals surface area contributed by atoms with Crippen LogP contribution in [0.1, 0.15) is 12.8 Å². The number of terminal acetylenes is 2.